The van der Waals surface area contributed by atoms with Crippen molar-refractivity contribution in [2.24, 2.45) is 16.9 Å². The molecule has 3 unspecified atom stereocenters. The van der Waals surface area contributed by atoms with Crippen LogP contribution in [-0.2, 0) is 32.1 Å². The Morgan fingerprint density at radius 1 is 0.976 bits per heavy atom. The second-order valence-corrected chi connectivity index (χ2v) is 10.5. The molecule has 3 aromatic rings. The Morgan fingerprint density at radius 3 is 2.37 bits per heavy atom. The molecule has 41 heavy (non-hydrogen) atoms. The highest BCUT2D eigenvalue weighted by atomic mass is 16.5. The number of aliphatic carboxylic acids is 1. The molecule has 0 aromatic heterocycles. The van der Waals surface area contributed by atoms with E-state index in [4.69, 9.17) is 4.74 Å². The molecular formula is C33H37N3O5. The molecular weight excluding hydrogens is 518 g/mol. The van der Waals surface area contributed by atoms with Gasteiger partial charge in [0, 0.05) is 11.3 Å². The lowest BCUT2D eigenvalue weighted by molar-refractivity contribution is -0.141. The van der Waals surface area contributed by atoms with E-state index in [2.05, 4.69) is 24.3 Å². The number of benzene rings is 3. The quantitative estimate of drug-likeness (QED) is 0.292. The first-order valence-corrected chi connectivity index (χ1v) is 14.1. The van der Waals surface area contributed by atoms with Gasteiger partial charge in [-0.2, -0.15) is 0 Å². The zero-order chi connectivity index (χ0) is 29.4. The first kappa shape index (κ1) is 29.5. The van der Waals surface area contributed by atoms with Gasteiger partial charge in [-0.05, 0) is 59.7 Å². The number of carbonyl (C=O) groups is 3. The average Bonchev–Trinajstić information content (AvgIpc) is 2.98. The highest BCUT2D eigenvalue weighted by Crippen LogP contribution is 2.30. The third-order valence-electron chi connectivity index (χ3n) is 7.54. The zero-order valence-electron chi connectivity index (χ0n) is 23.7. The van der Waals surface area contributed by atoms with E-state index in [-0.39, 0.29) is 30.3 Å². The molecule has 0 saturated carbocycles. The predicted molar refractivity (Wildman–Crippen MR) is 158 cm³/mol. The molecule has 3 aromatic carbocycles. The van der Waals surface area contributed by atoms with E-state index in [9.17, 15) is 19.5 Å². The molecule has 0 spiro atoms. The van der Waals surface area contributed by atoms with Crippen molar-refractivity contribution in [3.8, 4) is 0 Å². The van der Waals surface area contributed by atoms with E-state index in [1.54, 1.807) is 0 Å². The second kappa shape index (κ2) is 13.7. The number of anilines is 1. The smallest absolute Gasteiger partial charge is 0.306 e. The van der Waals surface area contributed by atoms with Crippen molar-refractivity contribution in [2.45, 2.75) is 52.5 Å². The number of amides is 2. The van der Waals surface area contributed by atoms with Gasteiger partial charge in [0.15, 0.2) is 6.61 Å². The molecule has 8 nitrogen and oxygen atoms in total. The number of hydrogen-bond acceptors (Lipinski definition) is 5. The van der Waals surface area contributed by atoms with Gasteiger partial charge in [0.25, 0.3) is 5.91 Å². The average molecular weight is 556 g/mol. The number of carboxylic acid groups (broad SMARTS) is 1. The Labute approximate surface area is 241 Å². The summed E-state index contributed by atoms with van der Waals surface area (Å²) in [5, 5.41) is 18.3. The first-order valence-electron chi connectivity index (χ1n) is 14.1. The van der Waals surface area contributed by atoms with Gasteiger partial charge in [-0.3, -0.25) is 14.4 Å². The van der Waals surface area contributed by atoms with Crippen molar-refractivity contribution < 1.29 is 24.2 Å². The number of hydrogen-bond donors (Lipinski definition) is 2. The van der Waals surface area contributed by atoms with E-state index in [1.165, 1.54) is 5.01 Å². The fraction of sp³-hybridized carbons (Fsp3) is 0.333. The molecule has 3 atom stereocenters. The maximum absolute atomic E-state index is 13.5. The van der Waals surface area contributed by atoms with Gasteiger partial charge in [0.2, 0.25) is 11.8 Å². The molecule has 0 bridgehead atoms. The molecule has 0 saturated heterocycles. The van der Waals surface area contributed by atoms with E-state index >= 15 is 0 Å². The van der Waals surface area contributed by atoms with Crippen LogP contribution >= 0.6 is 0 Å². The van der Waals surface area contributed by atoms with Gasteiger partial charge >= 0.3 is 5.97 Å². The number of rotatable bonds is 12. The molecule has 4 rings (SSSR count). The lowest BCUT2D eigenvalue weighted by Gasteiger charge is -2.25. The third kappa shape index (κ3) is 7.60. The standard InChI is InChI=1S/C33H37N3O5/c1-4-22(3)30(31(38)34-28-13-9-10-24(19-28)18-25(5-2)33(39)40)26-16-14-23(15-17-26)20-36-29(37)21-41-32(35-36)27-11-7-6-8-12-27/h6-17,19,22,25,30H,4-5,18,20-21H2,1-3H3,(H,34,38)(H,39,40). The van der Waals surface area contributed by atoms with Crippen LogP contribution in [0.15, 0.2) is 84.0 Å². The highest BCUT2D eigenvalue weighted by Gasteiger charge is 2.27. The molecule has 1 aliphatic rings. The number of carbonyl (C=O) groups excluding carboxylic acids is 2. The Balaban J connectivity index is 1.48. The Morgan fingerprint density at radius 2 is 1.71 bits per heavy atom. The summed E-state index contributed by atoms with van der Waals surface area (Å²) < 4.78 is 5.54. The molecule has 214 valence electrons. The van der Waals surface area contributed by atoms with Crippen LogP contribution in [0.4, 0.5) is 5.69 Å². The number of nitrogens with zero attached hydrogens (tertiary/aromatic N) is 2. The third-order valence-corrected chi connectivity index (χ3v) is 7.54. The van der Waals surface area contributed by atoms with E-state index < -0.39 is 11.9 Å². The first-order chi connectivity index (χ1) is 19.8. The van der Waals surface area contributed by atoms with E-state index in [0.29, 0.717) is 31.0 Å². The SMILES string of the molecule is CCC(Cc1cccc(NC(=O)C(c2ccc(CN3N=C(c4ccccc4)OCC3=O)cc2)C(C)CC)c1)C(=O)O. The molecule has 1 heterocycles. The maximum Gasteiger partial charge on any atom is 0.306 e. The van der Waals surface area contributed by atoms with Crippen LogP contribution in [0.25, 0.3) is 0 Å². The van der Waals surface area contributed by atoms with Gasteiger partial charge in [0.05, 0.1) is 18.4 Å². The Kier molecular flexibility index (Phi) is 9.90. The number of nitrogens with one attached hydrogen (secondary N) is 1. The number of carboxylic acids is 1. The van der Waals surface area contributed by atoms with Gasteiger partial charge < -0.3 is 15.2 Å². The fourth-order valence-corrected chi connectivity index (χ4v) is 4.91. The summed E-state index contributed by atoms with van der Waals surface area (Å²) in [6.45, 7) is 6.20. The van der Waals surface area contributed by atoms with Crippen molar-refractivity contribution in [2.75, 3.05) is 11.9 Å². The lowest BCUT2D eigenvalue weighted by Crippen LogP contribution is -2.36. The van der Waals surface area contributed by atoms with E-state index in [1.807, 2.05) is 85.8 Å². The largest absolute Gasteiger partial charge is 0.481 e. The lowest BCUT2D eigenvalue weighted by atomic mass is 9.84. The molecule has 0 fully saturated rings. The van der Waals surface area contributed by atoms with Gasteiger partial charge in [-0.1, -0.05) is 81.8 Å². The Hall–Kier alpha value is -4.46. The summed E-state index contributed by atoms with van der Waals surface area (Å²) in [6, 6.07) is 24.6. The van der Waals surface area contributed by atoms with Crippen molar-refractivity contribution in [3.63, 3.8) is 0 Å². The minimum Gasteiger partial charge on any atom is -0.481 e. The normalized spacial score (nSPS) is 15.3. The number of hydrazone groups is 1. The molecule has 1 aliphatic heterocycles. The fourth-order valence-electron chi connectivity index (χ4n) is 4.91. The summed E-state index contributed by atoms with van der Waals surface area (Å²) in [6.07, 6.45) is 1.77. The van der Waals surface area contributed by atoms with Crippen LogP contribution < -0.4 is 5.32 Å². The minimum atomic E-state index is -0.816. The van der Waals surface area contributed by atoms with Crippen molar-refractivity contribution in [1.29, 1.82) is 0 Å². The predicted octanol–water partition coefficient (Wildman–Crippen LogP) is 5.83. The summed E-state index contributed by atoms with van der Waals surface area (Å²) in [5.41, 5.74) is 4.10. The van der Waals surface area contributed by atoms with Crippen LogP contribution in [0.3, 0.4) is 0 Å². The van der Waals surface area contributed by atoms with Crippen molar-refractivity contribution in [3.05, 3.63) is 101 Å². The van der Waals surface area contributed by atoms with Crippen molar-refractivity contribution in [1.82, 2.24) is 5.01 Å². The molecule has 2 N–H and O–H groups in total. The van der Waals surface area contributed by atoms with Gasteiger partial charge in [0.1, 0.15) is 0 Å². The topological polar surface area (TPSA) is 108 Å². The van der Waals surface area contributed by atoms with Crippen LogP contribution in [0.2, 0.25) is 0 Å². The van der Waals surface area contributed by atoms with Crippen molar-refractivity contribution >= 4 is 29.4 Å². The molecule has 2 amide bonds. The van der Waals surface area contributed by atoms with Crippen LogP contribution in [0, 0.1) is 11.8 Å². The summed E-state index contributed by atoms with van der Waals surface area (Å²) in [4.78, 5) is 37.5. The second-order valence-electron chi connectivity index (χ2n) is 10.5. The van der Waals surface area contributed by atoms with Crippen LogP contribution in [0.1, 0.15) is 61.8 Å². The zero-order valence-corrected chi connectivity index (χ0v) is 23.7. The Bertz CT molecular complexity index is 1390. The van der Waals surface area contributed by atoms with Crippen LogP contribution in [-0.4, -0.2) is 40.4 Å². The molecule has 0 aliphatic carbocycles. The minimum absolute atomic E-state index is 0.0708. The summed E-state index contributed by atoms with van der Waals surface area (Å²) in [5.74, 6) is -1.50. The molecule has 0 radical (unpaired) electrons. The molecule has 8 heteroatoms. The van der Waals surface area contributed by atoms with Gasteiger partial charge in [-0.15, -0.1) is 5.10 Å². The summed E-state index contributed by atoms with van der Waals surface area (Å²) in [7, 11) is 0. The van der Waals surface area contributed by atoms with Crippen LogP contribution in [0.5, 0.6) is 0 Å². The summed E-state index contributed by atoms with van der Waals surface area (Å²) >= 11 is 0. The maximum atomic E-state index is 13.5. The van der Waals surface area contributed by atoms with Gasteiger partial charge in [-0.25, -0.2) is 5.01 Å². The highest BCUT2D eigenvalue weighted by molar-refractivity contribution is 5.98. The number of ether oxygens (including phenoxy) is 1. The van der Waals surface area contributed by atoms with E-state index in [0.717, 1.165) is 28.7 Å². The monoisotopic (exact) mass is 555 g/mol.